The van der Waals surface area contributed by atoms with Crippen LogP contribution in [-0.4, -0.2) is 5.98 Å². The van der Waals surface area contributed by atoms with Crippen LogP contribution in [0.3, 0.4) is 0 Å². The predicted molar refractivity (Wildman–Crippen MR) is 176 cm³/mol. The van der Waals surface area contributed by atoms with Crippen molar-refractivity contribution in [2.75, 3.05) is 0 Å². The molecule has 0 spiro atoms. The van der Waals surface area contributed by atoms with E-state index in [-0.39, 0.29) is 7.35 Å². The van der Waals surface area contributed by atoms with Gasteiger partial charge in [-0.3, -0.25) is 0 Å². The van der Waals surface area contributed by atoms with Gasteiger partial charge in [0.05, 0.1) is 0 Å². The first-order chi connectivity index (χ1) is 19.1. The first-order valence-electron chi connectivity index (χ1n) is 14.5. The van der Waals surface area contributed by atoms with E-state index in [0.29, 0.717) is 5.92 Å². The molecular weight excluding hydrogens is 710 g/mol. The van der Waals surface area contributed by atoms with E-state index in [1.807, 2.05) is 0 Å². The molecule has 4 heteroatoms. The Morgan fingerprint density at radius 1 is 0.625 bits per heavy atom. The Morgan fingerprint density at radius 2 is 1.10 bits per heavy atom. The molecule has 0 saturated heterocycles. The van der Waals surface area contributed by atoms with Crippen LogP contribution in [0, 0.1) is 5.92 Å². The fourth-order valence-electron chi connectivity index (χ4n) is 7.40. The monoisotopic (exact) mass is 747 g/mol. The van der Waals surface area contributed by atoms with Crippen LogP contribution >= 0.6 is 17.2 Å². The van der Waals surface area contributed by atoms with E-state index >= 15 is 0 Å². The topological polar surface area (TPSA) is 0 Å². The Labute approximate surface area is 248 Å². The third-order valence-corrected chi connectivity index (χ3v) is 82.4. The SMILES string of the molecule is CC1=Cc2c(-c3ccccc3)cccc2[CH]1[Hf]([Cl])([Cl])([CH]1C(C(C)C)=Cc2c(-c3ccccc3)cccc21)[SiH](C)C. The van der Waals surface area contributed by atoms with Crippen LogP contribution in [0.25, 0.3) is 34.4 Å². The Kier molecular flexibility index (Phi) is 7.31. The number of benzene rings is 4. The number of hydrogen-bond donors (Lipinski definition) is 0. The summed E-state index contributed by atoms with van der Waals surface area (Å²) in [7, 11) is 17.0. The van der Waals surface area contributed by atoms with E-state index in [0.717, 1.165) is 0 Å². The maximum absolute atomic E-state index is 8.49. The second-order valence-electron chi connectivity index (χ2n) is 12.3. The fraction of sp³-hybridized carbons (Fsp3) is 0.222. The molecule has 0 N–H and O–H groups in total. The van der Waals surface area contributed by atoms with Gasteiger partial charge in [0.2, 0.25) is 0 Å². The number of fused-ring (bicyclic) bond motifs is 2. The molecule has 4 aromatic carbocycles. The van der Waals surface area contributed by atoms with Gasteiger partial charge in [0, 0.05) is 0 Å². The average Bonchev–Trinajstić information content (AvgIpc) is 3.53. The molecule has 2 unspecified atom stereocenters. The van der Waals surface area contributed by atoms with Crippen LogP contribution in [-0.2, 0) is 15.3 Å². The number of rotatable bonds is 6. The van der Waals surface area contributed by atoms with Crippen molar-refractivity contribution in [3.8, 4) is 22.3 Å². The molecule has 40 heavy (non-hydrogen) atoms. The summed E-state index contributed by atoms with van der Waals surface area (Å²) in [6, 6.07) is 35.0. The summed E-state index contributed by atoms with van der Waals surface area (Å²) in [5.41, 5.74) is 13.1. The molecule has 203 valence electrons. The Balaban J connectivity index is 1.59. The van der Waals surface area contributed by atoms with Crippen molar-refractivity contribution in [3.63, 3.8) is 0 Å². The second kappa shape index (κ2) is 10.4. The normalized spacial score (nSPS) is 19.2. The van der Waals surface area contributed by atoms with Gasteiger partial charge >= 0.3 is 250 Å². The Bertz CT molecular complexity index is 1650. The molecule has 0 fully saturated rings. The van der Waals surface area contributed by atoms with Gasteiger partial charge in [0.1, 0.15) is 0 Å². The number of allylic oxidation sites excluding steroid dienone is 2. The minimum absolute atomic E-state index is 0.115. The number of halogens is 2. The van der Waals surface area contributed by atoms with Crippen molar-refractivity contribution in [2.24, 2.45) is 5.92 Å². The van der Waals surface area contributed by atoms with Gasteiger partial charge in [-0.25, -0.2) is 0 Å². The predicted octanol–water partition coefficient (Wildman–Crippen LogP) is 11.3. The zero-order valence-electron chi connectivity index (χ0n) is 24.0. The van der Waals surface area contributed by atoms with Crippen LogP contribution < -0.4 is 0 Å². The Morgan fingerprint density at radius 3 is 1.57 bits per heavy atom. The second-order valence-corrected chi connectivity index (χ2v) is 71.6. The van der Waals surface area contributed by atoms with Crippen LogP contribution in [0.15, 0.2) is 108 Å². The van der Waals surface area contributed by atoms with Crippen molar-refractivity contribution in [3.05, 3.63) is 130 Å². The van der Waals surface area contributed by atoms with Gasteiger partial charge in [-0.1, -0.05) is 0 Å². The van der Waals surface area contributed by atoms with Gasteiger partial charge in [-0.15, -0.1) is 0 Å². The molecule has 0 heterocycles. The van der Waals surface area contributed by atoms with Crippen LogP contribution in [0.2, 0.25) is 13.1 Å². The minimum atomic E-state index is -4.88. The van der Waals surface area contributed by atoms with Crippen molar-refractivity contribution in [2.45, 2.75) is 41.2 Å². The molecule has 0 aliphatic heterocycles. The number of hydrogen-bond acceptors (Lipinski definition) is 0. The van der Waals surface area contributed by atoms with Gasteiger partial charge < -0.3 is 0 Å². The van der Waals surface area contributed by atoms with Crippen LogP contribution in [0.5, 0.6) is 0 Å². The molecule has 0 amide bonds. The van der Waals surface area contributed by atoms with E-state index in [9.17, 15) is 0 Å². The first-order valence-corrected chi connectivity index (χ1v) is 36.6. The van der Waals surface area contributed by atoms with Gasteiger partial charge in [-0.05, 0) is 0 Å². The summed E-state index contributed by atoms with van der Waals surface area (Å²) in [6.07, 6.45) is 4.86. The molecule has 2 aliphatic carbocycles. The first kappa shape index (κ1) is 28.2. The van der Waals surface area contributed by atoms with Gasteiger partial charge in [0.25, 0.3) is 0 Å². The third-order valence-electron chi connectivity index (χ3n) is 9.42. The van der Waals surface area contributed by atoms with Gasteiger partial charge in [0.15, 0.2) is 0 Å². The summed E-state index contributed by atoms with van der Waals surface area (Å²) < 4.78 is 0.231. The van der Waals surface area contributed by atoms with Crippen molar-refractivity contribution in [1.82, 2.24) is 0 Å². The standard InChI is InChI=1S/C18H17.C16H13.C2H7Si.2ClH.Hf/c1-13(2)16-11-15-9-6-10-17(18(15)12-16)14-7-4-3-5-8-14;1-12-10-14-8-5-9-15(16(14)11-12)13-6-3-2-4-7-13;1-3-2;;;/h3-13H,1-2H3;2-11H,1H3;3H,1-2H3;2*1H;/q;;;;;+2/p-2. The van der Waals surface area contributed by atoms with Crippen molar-refractivity contribution in [1.29, 1.82) is 0 Å². The molecule has 0 aromatic heterocycles. The summed E-state index contributed by atoms with van der Waals surface area (Å²) in [6.45, 7) is 11.8. The zero-order valence-corrected chi connectivity index (χ0v) is 30.2. The van der Waals surface area contributed by atoms with E-state index in [1.54, 1.807) is 0 Å². The fourth-order valence-corrected chi connectivity index (χ4v) is 53.0. The Hall–Kier alpha value is -1.97. The molecule has 2 aliphatic rings. The summed E-state index contributed by atoms with van der Waals surface area (Å²) in [5.74, 6) is -1.20. The van der Waals surface area contributed by atoms with E-state index in [4.69, 9.17) is 17.2 Å². The van der Waals surface area contributed by atoms with Crippen LogP contribution in [0.1, 0.15) is 50.4 Å². The van der Waals surface area contributed by atoms with Crippen LogP contribution in [0.4, 0.5) is 0 Å². The molecular formula is C36H37Cl2HfSi. The van der Waals surface area contributed by atoms with Gasteiger partial charge in [-0.2, -0.15) is 0 Å². The summed E-state index contributed by atoms with van der Waals surface area (Å²) in [4.78, 5) is 0. The molecule has 0 radical (unpaired) electrons. The third kappa shape index (κ3) is 4.25. The molecule has 2 atom stereocenters. The van der Waals surface area contributed by atoms with E-state index < -0.39 is 21.3 Å². The zero-order chi connectivity index (χ0) is 28.3. The quantitative estimate of drug-likeness (QED) is 0.172. The van der Waals surface area contributed by atoms with Crippen molar-refractivity contribution >= 4 is 35.3 Å². The molecule has 0 saturated carbocycles. The molecule has 6 rings (SSSR count). The summed E-state index contributed by atoms with van der Waals surface area (Å²) in [5, 5.41) is 0. The van der Waals surface area contributed by atoms with E-state index in [1.165, 1.54) is 55.7 Å². The summed E-state index contributed by atoms with van der Waals surface area (Å²) >= 11 is -4.88. The van der Waals surface area contributed by atoms with Crippen molar-refractivity contribution < 1.29 is 15.3 Å². The maximum atomic E-state index is 8.49. The molecule has 0 nitrogen and oxygen atoms in total. The average molecular weight is 747 g/mol. The molecule has 4 aromatic rings. The molecule has 0 bridgehead atoms. The van der Waals surface area contributed by atoms with E-state index in [2.05, 4.69) is 143 Å².